The Morgan fingerprint density at radius 3 is 2.93 bits per heavy atom. The summed E-state index contributed by atoms with van der Waals surface area (Å²) in [5.74, 6) is 0.864. The number of fused-ring (bicyclic) bond motifs is 1. The SMILES string of the molecule is C=CC1=CC[C@@H]2[C@H](C)C(=O)O[C@@H]2C[C@@H]1C. The second kappa shape index (κ2) is 3.84. The van der Waals surface area contributed by atoms with Crippen LogP contribution in [0.2, 0.25) is 0 Å². The first-order chi connectivity index (χ1) is 7.13. The van der Waals surface area contributed by atoms with E-state index in [1.54, 1.807) is 0 Å². The first kappa shape index (κ1) is 10.5. The van der Waals surface area contributed by atoms with Crippen LogP contribution in [0, 0.1) is 17.8 Å². The van der Waals surface area contributed by atoms with Crippen molar-refractivity contribution >= 4 is 5.97 Å². The van der Waals surface area contributed by atoms with Crippen molar-refractivity contribution in [1.29, 1.82) is 0 Å². The van der Waals surface area contributed by atoms with Crippen molar-refractivity contribution < 1.29 is 9.53 Å². The van der Waals surface area contributed by atoms with Crippen molar-refractivity contribution in [2.24, 2.45) is 17.8 Å². The summed E-state index contributed by atoms with van der Waals surface area (Å²) >= 11 is 0. The molecule has 0 N–H and O–H groups in total. The van der Waals surface area contributed by atoms with Crippen molar-refractivity contribution in [3.05, 3.63) is 24.3 Å². The lowest BCUT2D eigenvalue weighted by Gasteiger charge is -2.17. The molecular weight excluding hydrogens is 188 g/mol. The highest BCUT2D eigenvalue weighted by Gasteiger charge is 2.42. The largest absolute Gasteiger partial charge is 0.462 e. The number of carbonyl (C=O) groups excluding carboxylic acids is 1. The van der Waals surface area contributed by atoms with Crippen molar-refractivity contribution in [2.45, 2.75) is 32.8 Å². The van der Waals surface area contributed by atoms with Gasteiger partial charge in [-0.25, -0.2) is 0 Å². The Hall–Kier alpha value is -1.05. The van der Waals surface area contributed by atoms with E-state index >= 15 is 0 Å². The highest BCUT2D eigenvalue weighted by Crippen LogP contribution is 2.38. The molecule has 0 saturated carbocycles. The van der Waals surface area contributed by atoms with Gasteiger partial charge in [-0.1, -0.05) is 32.6 Å². The van der Waals surface area contributed by atoms with Crippen LogP contribution < -0.4 is 0 Å². The van der Waals surface area contributed by atoms with E-state index in [1.807, 2.05) is 13.0 Å². The van der Waals surface area contributed by atoms with Gasteiger partial charge >= 0.3 is 5.97 Å². The minimum absolute atomic E-state index is 0.0207. The first-order valence-corrected chi connectivity index (χ1v) is 5.66. The standard InChI is InChI=1S/C13H18O2/c1-4-10-5-6-11-9(3)13(14)15-12(11)7-8(10)2/h4-5,8-9,11-12H,1,6-7H2,2-3H3/t8-,9-,11+,12+/m0/s1. The molecule has 1 fully saturated rings. The van der Waals surface area contributed by atoms with E-state index in [1.165, 1.54) is 5.57 Å². The smallest absolute Gasteiger partial charge is 0.309 e. The molecule has 0 aromatic rings. The van der Waals surface area contributed by atoms with Gasteiger partial charge in [-0.15, -0.1) is 0 Å². The topological polar surface area (TPSA) is 26.3 Å². The average molecular weight is 206 g/mol. The molecule has 0 radical (unpaired) electrons. The normalized spacial score (nSPS) is 40.1. The number of hydrogen-bond donors (Lipinski definition) is 0. The van der Waals surface area contributed by atoms with Gasteiger partial charge in [0.15, 0.2) is 0 Å². The molecule has 0 spiro atoms. The summed E-state index contributed by atoms with van der Waals surface area (Å²) in [7, 11) is 0. The molecule has 2 rings (SSSR count). The van der Waals surface area contributed by atoms with E-state index in [0.717, 1.165) is 12.8 Å². The molecule has 2 heteroatoms. The summed E-state index contributed by atoms with van der Waals surface area (Å²) in [6.45, 7) is 7.98. The van der Waals surface area contributed by atoms with Gasteiger partial charge in [-0.3, -0.25) is 4.79 Å². The molecule has 0 aromatic heterocycles. The Bertz CT molecular complexity index is 316. The van der Waals surface area contributed by atoms with Gasteiger partial charge in [0.1, 0.15) is 6.10 Å². The second-order valence-electron chi connectivity index (χ2n) is 4.71. The van der Waals surface area contributed by atoms with Crippen LogP contribution in [0.5, 0.6) is 0 Å². The predicted molar refractivity (Wildman–Crippen MR) is 59.2 cm³/mol. The second-order valence-corrected chi connectivity index (χ2v) is 4.71. The molecule has 4 atom stereocenters. The van der Waals surface area contributed by atoms with E-state index in [0.29, 0.717) is 11.8 Å². The van der Waals surface area contributed by atoms with Crippen LogP contribution in [0.1, 0.15) is 26.7 Å². The van der Waals surface area contributed by atoms with Crippen LogP contribution in [0.25, 0.3) is 0 Å². The van der Waals surface area contributed by atoms with Gasteiger partial charge in [0.25, 0.3) is 0 Å². The fourth-order valence-corrected chi connectivity index (χ4v) is 2.66. The lowest BCUT2D eigenvalue weighted by molar-refractivity contribution is -0.144. The van der Waals surface area contributed by atoms with Gasteiger partial charge in [0.2, 0.25) is 0 Å². The monoisotopic (exact) mass is 206 g/mol. The van der Waals surface area contributed by atoms with Crippen molar-refractivity contribution in [1.82, 2.24) is 0 Å². The van der Waals surface area contributed by atoms with Gasteiger partial charge in [0, 0.05) is 5.92 Å². The molecule has 1 aliphatic heterocycles. The number of esters is 1. The van der Waals surface area contributed by atoms with Crippen LogP contribution in [0.3, 0.4) is 0 Å². The Morgan fingerprint density at radius 1 is 1.53 bits per heavy atom. The zero-order chi connectivity index (χ0) is 11.0. The van der Waals surface area contributed by atoms with Gasteiger partial charge in [-0.2, -0.15) is 0 Å². The van der Waals surface area contributed by atoms with Gasteiger partial charge in [-0.05, 0) is 24.3 Å². The van der Waals surface area contributed by atoms with Gasteiger partial charge in [0.05, 0.1) is 5.92 Å². The molecule has 0 amide bonds. The molecule has 1 aliphatic carbocycles. The highest BCUT2D eigenvalue weighted by molar-refractivity contribution is 5.74. The van der Waals surface area contributed by atoms with Crippen LogP contribution in [-0.2, 0) is 9.53 Å². The lowest BCUT2D eigenvalue weighted by Crippen LogP contribution is -2.19. The fraction of sp³-hybridized carbons (Fsp3) is 0.615. The molecule has 0 bridgehead atoms. The molecular formula is C13H18O2. The summed E-state index contributed by atoms with van der Waals surface area (Å²) in [6.07, 6.45) is 6.16. The van der Waals surface area contributed by atoms with E-state index in [9.17, 15) is 4.79 Å². The maximum Gasteiger partial charge on any atom is 0.309 e. The quantitative estimate of drug-likeness (QED) is 0.617. The molecule has 15 heavy (non-hydrogen) atoms. The number of rotatable bonds is 1. The summed E-state index contributed by atoms with van der Waals surface area (Å²) in [5, 5.41) is 0. The van der Waals surface area contributed by atoms with E-state index in [-0.39, 0.29) is 18.0 Å². The number of hydrogen-bond acceptors (Lipinski definition) is 2. The Balaban J connectivity index is 2.21. The lowest BCUT2D eigenvalue weighted by atomic mass is 9.87. The predicted octanol–water partition coefficient (Wildman–Crippen LogP) is 2.71. The molecule has 2 nitrogen and oxygen atoms in total. The number of ether oxygens (including phenoxy) is 1. The fourth-order valence-electron chi connectivity index (χ4n) is 2.66. The van der Waals surface area contributed by atoms with Crippen molar-refractivity contribution in [3.63, 3.8) is 0 Å². The number of carbonyl (C=O) groups is 1. The zero-order valence-corrected chi connectivity index (χ0v) is 9.40. The Kier molecular flexibility index (Phi) is 2.68. The Labute approximate surface area is 91.0 Å². The molecule has 82 valence electrons. The van der Waals surface area contributed by atoms with Crippen LogP contribution in [0.15, 0.2) is 24.3 Å². The van der Waals surface area contributed by atoms with Crippen molar-refractivity contribution in [2.75, 3.05) is 0 Å². The number of allylic oxidation sites excluding steroid dienone is 3. The van der Waals surface area contributed by atoms with Gasteiger partial charge < -0.3 is 4.74 Å². The third kappa shape index (κ3) is 1.73. The summed E-state index contributed by atoms with van der Waals surface area (Å²) < 4.78 is 5.41. The van der Waals surface area contributed by atoms with E-state index in [2.05, 4.69) is 19.6 Å². The van der Waals surface area contributed by atoms with E-state index < -0.39 is 0 Å². The summed E-state index contributed by atoms with van der Waals surface area (Å²) in [5.41, 5.74) is 1.30. The van der Waals surface area contributed by atoms with Crippen LogP contribution in [-0.4, -0.2) is 12.1 Å². The molecule has 1 heterocycles. The minimum atomic E-state index is -0.0207. The minimum Gasteiger partial charge on any atom is -0.462 e. The molecule has 0 unspecified atom stereocenters. The average Bonchev–Trinajstić information content (AvgIpc) is 2.39. The zero-order valence-electron chi connectivity index (χ0n) is 9.40. The van der Waals surface area contributed by atoms with Crippen molar-refractivity contribution in [3.8, 4) is 0 Å². The van der Waals surface area contributed by atoms with Crippen LogP contribution in [0.4, 0.5) is 0 Å². The highest BCUT2D eigenvalue weighted by atomic mass is 16.6. The van der Waals surface area contributed by atoms with Crippen LogP contribution >= 0.6 is 0 Å². The maximum absolute atomic E-state index is 11.4. The van der Waals surface area contributed by atoms with E-state index in [4.69, 9.17) is 4.74 Å². The molecule has 1 saturated heterocycles. The summed E-state index contributed by atoms with van der Waals surface area (Å²) in [4.78, 5) is 11.4. The Morgan fingerprint density at radius 2 is 2.27 bits per heavy atom. The molecule has 2 aliphatic rings. The summed E-state index contributed by atoms with van der Waals surface area (Å²) in [6, 6.07) is 0. The third-order valence-electron chi connectivity index (χ3n) is 3.78. The maximum atomic E-state index is 11.4. The first-order valence-electron chi connectivity index (χ1n) is 5.66. The third-order valence-corrected chi connectivity index (χ3v) is 3.78. The molecule has 0 aromatic carbocycles.